The van der Waals surface area contributed by atoms with E-state index in [2.05, 4.69) is 5.32 Å². The van der Waals surface area contributed by atoms with Gasteiger partial charge in [-0.2, -0.15) is 0 Å². The number of nitrogens with zero attached hydrogens (tertiary/aromatic N) is 1. The van der Waals surface area contributed by atoms with E-state index in [1.165, 1.54) is 6.07 Å². The van der Waals surface area contributed by atoms with Crippen LogP contribution in [0.1, 0.15) is 25.7 Å². The molecule has 1 fully saturated rings. The van der Waals surface area contributed by atoms with E-state index < -0.39 is 10.5 Å². The summed E-state index contributed by atoms with van der Waals surface area (Å²) in [5, 5.41) is 24.2. The van der Waals surface area contributed by atoms with Crippen LogP contribution >= 0.6 is 22.6 Å². The van der Waals surface area contributed by atoms with Gasteiger partial charge in [-0.1, -0.05) is 12.8 Å². The molecule has 0 saturated heterocycles. The third-order valence-corrected chi connectivity index (χ3v) is 3.97. The summed E-state index contributed by atoms with van der Waals surface area (Å²) in [7, 11) is 0. The number of halogens is 1. The number of rotatable bonds is 4. The van der Waals surface area contributed by atoms with Gasteiger partial charge in [-0.25, -0.2) is 0 Å². The number of aliphatic hydroxyl groups is 1. The Morgan fingerprint density at radius 3 is 2.72 bits per heavy atom. The number of nitrogens with one attached hydrogen (secondary N) is 1. The molecular weight excluding hydrogens is 347 g/mol. The van der Waals surface area contributed by atoms with Crippen LogP contribution in [0.4, 0.5) is 11.4 Å². The summed E-state index contributed by atoms with van der Waals surface area (Å²) in [4.78, 5) is 10.6. The molecule has 1 aromatic rings. The molecule has 1 aromatic carbocycles. The Bertz CT molecular complexity index is 459. The minimum atomic E-state index is -0.711. The Balaban J connectivity index is 2.11. The van der Waals surface area contributed by atoms with Crippen LogP contribution in [-0.4, -0.2) is 22.2 Å². The highest BCUT2D eigenvalue weighted by Crippen LogP contribution is 2.31. The van der Waals surface area contributed by atoms with Gasteiger partial charge in [-0.15, -0.1) is 0 Å². The van der Waals surface area contributed by atoms with Crippen molar-refractivity contribution in [2.45, 2.75) is 31.3 Å². The van der Waals surface area contributed by atoms with Gasteiger partial charge < -0.3 is 10.4 Å². The minimum Gasteiger partial charge on any atom is -0.388 e. The first-order chi connectivity index (χ1) is 8.50. The molecule has 98 valence electrons. The normalized spacial score (nSPS) is 17.7. The Hall–Kier alpha value is -0.890. The largest absolute Gasteiger partial charge is 0.388 e. The van der Waals surface area contributed by atoms with Crippen LogP contribution in [0, 0.1) is 13.7 Å². The van der Waals surface area contributed by atoms with Crippen molar-refractivity contribution in [2.24, 2.45) is 0 Å². The highest BCUT2D eigenvalue weighted by Gasteiger charge is 2.31. The minimum absolute atomic E-state index is 0.0588. The fraction of sp³-hybridized carbons (Fsp3) is 0.500. The summed E-state index contributed by atoms with van der Waals surface area (Å²) in [5.74, 6) is 0. The number of anilines is 1. The summed E-state index contributed by atoms with van der Waals surface area (Å²) in [6.07, 6.45) is 3.57. The quantitative estimate of drug-likeness (QED) is 0.491. The van der Waals surface area contributed by atoms with Crippen LogP contribution < -0.4 is 5.32 Å². The molecule has 1 saturated carbocycles. The van der Waals surface area contributed by atoms with E-state index in [4.69, 9.17) is 0 Å². The van der Waals surface area contributed by atoms with Crippen LogP contribution in [0.3, 0.4) is 0 Å². The summed E-state index contributed by atoms with van der Waals surface area (Å²) >= 11 is 2.04. The van der Waals surface area contributed by atoms with Gasteiger partial charge in [0.1, 0.15) is 5.69 Å². The van der Waals surface area contributed by atoms with E-state index in [9.17, 15) is 15.2 Å². The van der Waals surface area contributed by atoms with Gasteiger partial charge in [0.25, 0.3) is 5.69 Å². The molecular formula is C12H15IN2O3. The van der Waals surface area contributed by atoms with Crippen molar-refractivity contribution in [2.75, 3.05) is 11.9 Å². The number of hydrogen-bond donors (Lipinski definition) is 2. The molecule has 0 unspecified atom stereocenters. The molecule has 2 rings (SSSR count). The molecule has 5 nitrogen and oxygen atoms in total. The molecule has 18 heavy (non-hydrogen) atoms. The maximum Gasteiger partial charge on any atom is 0.293 e. The van der Waals surface area contributed by atoms with Crippen LogP contribution in [0.15, 0.2) is 18.2 Å². The zero-order chi connectivity index (χ0) is 13.2. The van der Waals surface area contributed by atoms with Gasteiger partial charge in [-0.3, -0.25) is 10.1 Å². The molecule has 0 amide bonds. The second kappa shape index (κ2) is 5.40. The summed E-state index contributed by atoms with van der Waals surface area (Å²) in [5.41, 5.74) is -0.180. The third kappa shape index (κ3) is 3.11. The first-order valence-electron chi connectivity index (χ1n) is 5.90. The molecule has 2 N–H and O–H groups in total. The predicted molar refractivity (Wildman–Crippen MR) is 77.7 cm³/mol. The van der Waals surface area contributed by atoms with E-state index in [1.807, 2.05) is 28.7 Å². The van der Waals surface area contributed by atoms with Crippen LogP contribution in [0.2, 0.25) is 0 Å². The molecule has 0 spiro atoms. The molecule has 1 aliphatic carbocycles. The lowest BCUT2D eigenvalue weighted by molar-refractivity contribution is -0.384. The lowest BCUT2D eigenvalue weighted by Gasteiger charge is -2.22. The lowest BCUT2D eigenvalue weighted by atomic mass is 10.0. The summed E-state index contributed by atoms with van der Waals surface area (Å²) in [6.45, 7) is 0.369. The van der Waals surface area contributed by atoms with E-state index in [0.29, 0.717) is 12.2 Å². The van der Waals surface area contributed by atoms with E-state index in [-0.39, 0.29) is 5.69 Å². The first kappa shape index (κ1) is 13.5. The Kier molecular flexibility index (Phi) is 4.06. The second-order valence-electron chi connectivity index (χ2n) is 4.70. The SMILES string of the molecule is O=[N+]([O-])c1cc(I)ccc1NCC1(O)CCCC1. The van der Waals surface area contributed by atoms with Crippen molar-refractivity contribution < 1.29 is 10.0 Å². The Morgan fingerprint density at radius 2 is 2.11 bits per heavy atom. The van der Waals surface area contributed by atoms with Gasteiger partial charge in [0.05, 0.1) is 10.5 Å². The van der Waals surface area contributed by atoms with E-state index in [1.54, 1.807) is 6.07 Å². The standard InChI is InChI=1S/C12H15IN2O3/c13-9-3-4-10(11(7-9)15(17)18)14-8-12(16)5-1-2-6-12/h3-4,7,14,16H,1-2,5-6,8H2. The zero-order valence-corrected chi connectivity index (χ0v) is 12.0. The van der Waals surface area contributed by atoms with Crippen LogP contribution in [-0.2, 0) is 0 Å². The van der Waals surface area contributed by atoms with Gasteiger partial charge in [-0.05, 0) is 47.6 Å². The fourth-order valence-corrected chi connectivity index (χ4v) is 2.75. The van der Waals surface area contributed by atoms with E-state index in [0.717, 1.165) is 29.3 Å². The maximum atomic E-state index is 10.9. The average molecular weight is 362 g/mol. The van der Waals surface area contributed by atoms with Crippen molar-refractivity contribution in [1.82, 2.24) is 0 Å². The molecule has 0 atom stereocenters. The van der Waals surface area contributed by atoms with Gasteiger partial charge >= 0.3 is 0 Å². The average Bonchev–Trinajstić information content (AvgIpc) is 2.75. The maximum absolute atomic E-state index is 10.9. The molecule has 0 radical (unpaired) electrons. The highest BCUT2D eigenvalue weighted by molar-refractivity contribution is 14.1. The van der Waals surface area contributed by atoms with Crippen molar-refractivity contribution in [3.05, 3.63) is 31.9 Å². The van der Waals surface area contributed by atoms with Gasteiger partial charge in [0, 0.05) is 16.2 Å². The number of benzene rings is 1. The number of nitro groups is 1. The van der Waals surface area contributed by atoms with Gasteiger partial charge in [0.15, 0.2) is 0 Å². The topological polar surface area (TPSA) is 75.4 Å². The first-order valence-corrected chi connectivity index (χ1v) is 6.98. The van der Waals surface area contributed by atoms with Crippen molar-refractivity contribution in [3.63, 3.8) is 0 Å². The molecule has 0 bridgehead atoms. The Morgan fingerprint density at radius 1 is 1.44 bits per heavy atom. The molecule has 6 heteroatoms. The lowest BCUT2D eigenvalue weighted by Crippen LogP contribution is -2.33. The monoisotopic (exact) mass is 362 g/mol. The van der Waals surface area contributed by atoms with Crippen molar-refractivity contribution >= 4 is 34.0 Å². The fourth-order valence-electron chi connectivity index (χ4n) is 2.27. The molecule has 0 heterocycles. The Labute approximate surface area is 119 Å². The zero-order valence-electron chi connectivity index (χ0n) is 9.86. The highest BCUT2D eigenvalue weighted by atomic mass is 127. The number of nitro benzene ring substituents is 1. The second-order valence-corrected chi connectivity index (χ2v) is 5.95. The molecule has 1 aliphatic rings. The van der Waals surface area contributed by atoms with Gasteiger partial charge in [0.2, 0.25) is 0 Å². The van der Waals surface area contributed by atoms with E-state index >= 15 is 0 Å². The number of hydrogen-bond acceptors (Lipinski definition) is 4. The predicted octanol–water partition coefficient (Wildman–Crippen LogP) is 2.92. The smallest absolute Gasteiger partial charge is 0.293 e. The molecule has 0 aromatic heterocycles. The van der Waals surface area contributed by atoms with Crippen LogP contribution in [0.25, 0.3) is 0 Å². The molecule has 0 aliphatic heterocycles. The van der Waals surface area contributed by atoms with Crippen molar-refractivity contribution in [3.8, 4) is 0 Å². The summed E-state index contributed by atoms with van der Waals surface area (Å²) in [6, 6.07) is 5.04. The third-order valence-electron chi connectivity index (χ3n) is 3.30. The van der Waals surface area contributed by atoms with Crippen LogP contribution in [0.5, 0.6) is 0 Å². The van der Waals surface area contributed by atoms with Crippen molar-refractivity contribution in [1.29, 1.82) is 0 Å². The summed E-state index contributed by atoms with van der Waals surface area (Å²) < 4.78 is 0.824.